The molecule has 0 unspecified atom stereocenters. The number of rotatable bonds is 3. The highest BCUT2D eigenvalue weighted by atomic mass is 16.7. The average molecular weight is 272 g/mol. The first-order valence-electron chi connectivity index (χ1n) is 6.84. The second-order valence-corrected chi connectivity index (χ2v) is 6.11. The highest BCUT2D eigenvalue weighted by molar-refractivity contribution is 6.63. The van der Waals surface area contributed by atoms with Crippen molar-refractivity contribution in [2.45, 2.75) is 45.4 Å². The fourth-order valence-electron chi connectivity index (χ4n) is 2.29. The lowest BCUT2D eigenvalue weighted by atomic mass is 9.73. The van der Waals surface area contributed by atoms with E-state index in [9.17, 15) is 5.26 Å². The molecule has 0 amide bonds. The Bertz CT molecular complexity index is 533. The Morgan fingerprint density at radius 1 is 1.20 bits per heavy atom. The van der Waals surface area contributed by atoms with E-state index in [0.29, 0.717) is 12.1 Å². The van der Waals surface area contributed by atoms with Crippen LogP contribution in [0.3, 0.4) is 0 Å². The zero-order valence-electron chi connectivity index (χ0n) is 12.8. The van der Waals surface area contributed by atoms with E-state index in [1.807, 2.05) is 46.9 Å². The molecule has 1 aliphatic heterocycles. The smallest absolute Gasteiger partial charge is 0.399 e. The molecule has 1 N–H and O–H groups in total. The van der Waals surface area contributed by atoms with E-state index < -0.39 is 18.3 Å². The van der Waals surface area contributed by atoms with Crippen molar-refractivity contribution >= 4 is 12.6 Å². The molecule has 0 radical (unpaired) electrons. The maximum absolute atomic E-state index is 9.35. The average Bonchev–Trinajstić information content (AvgIpc) is 2.58. The van der Waals surface area contributed by atoms with Crippen LogP contribution in [0.1, 0.15) is 38.8 Å². The molecule has 0 aliphatic carbocycles. The fourth-order valence-corrected chi connectivity index (χ4v) is 2.29. The van der Waals surface area contributed by atoms with Gasteiger partial charge in [-0.25, -0.2) is 0 Å². The lowest BCUT2D eigenvalue weighted by Crippen LogP contribution is -2.41. The molecule has 1 aromatic carbocycles. The largest absolute Gasteiger partial charge is 0.496 e. The summed E-state index contributed by atoms with van der Waals surface area (Å²) in [6, 6.07) is 7.93. The zero-order chi connectivity index (χ0) is 15.0. The summed E-state index contributed by atoms with van der Waals surface area (Å²) in [4.78, 5) is 0. The van der Waals surface area contributed by atoms with Gasteiger partial charge in [-0.15, -0.1) is 0 Å². The van der Waals surface area contributed by atoms with Crippen molar-refractivity contribution in [1.29, 1.82) is 5.26 Å². The van der Waals surface area contributed by atoms with E-state index in [4.69, 9.17) is 9.31 Å². The number of hydrogen-bond acceptors (Lipinski definition) is 4. The minimum Gasteiger partial charge on any atom is -0.399 e. The summed E-state index contributed by atoms with van der Waals surface area (Å²) < 4.78 is 12.2. The van der Waals surface area contributed by atoms with Gasteiger partial charge in [0, 0.05) is 12.0 Å². The summed E-state index contributed by atoms with van der Waals surface area (Å²) in [5.74, 6) is 0. The molecule has 1 heterocycles. The van der Waals surface area contributed by atoms with Crippen LogP contribution in [0.5, 0.6) is 0 Å². The molecule has 2 rings (SSSR count). The van der Waals surface area contributed by atoms with Crippen LogP contribution in [-0.4, -0.2) is 25.4 Å². The summed E-state index contributed by atoms with van der Waals surface area (Å²) in [6.45, 7) is 8.73. The molecule has 106 valence electrons. The first-order valence-corrected chi connectivity index (χ1v) is 6.84. The van der Waals surface area contributed by atoms with Crippen LogP contribution in [0.2, 0.25) is 0 Å². The Kier molecular flexibility index (Phi) is 3.92. The molecule has 5 heteroatoms. The number of nitrogens with one attached hydrogen (secondary N) is 1. The third-order valence-corrected chi connectivity index (χ3v) is 4.17. The van der Waals surface area contributed by atoms with Crippen LogP contribution in [-0.2, 0) is 15.9 Å². The van der Waals surface area contributed by atoms with Crippen molar-refractivity contribution in [3.63, 3.8) is 0 Å². The molecule has 0 saturated carbocycles. The van der Waals surface area contributed by atoms with Gasteiger partial charge in [-0.1, -0.05) is 12.1 Å². The Labute approximate surface area is 121 Å². The molecule has 1 aliphatic rings. The number of benzene rings is 1. The molecule has 0 atom stereocenters. The summed E-state index contributed by atoms with van der Waals surface area (Å²) in [7, 11) is 1.38. The zero-order valence-corrected chi connectivity index (χ0v) is 12.8. The Morgan fingerprint density at radius 2 is 1.80 bits per heavy atom. The maximum Gasteiger partial charge on any atom is 0.496 e. The Morgan fingerprint density at radius 3 is 2.30 bits per heavy atom. The summed E-state index contributed by atoms with van der Waals surface area (Å²) in [5, 5.41) is 12.5. The number of nitriles is 1. The maximum atomic E-state index is 9.35. The molecular formula is C15H21BN2O2. The lowest BCUT2D eigenvalue weighted by molar-refractivity contribution is 0.00578. The molecule has 1 fully saturated rings. The minimum absolute atomic E-state index is 0.406. The van der Waals surface area contributed by atoms with Gasteiger partial charge >= 0.3 is 7.12 Å². The van der Waals surface area contributed by atoms with Gasteiger partial charge in [-0.05, 0) is 46.4 Å². The standard InChI is InChI=1S/C15H21BN2O2/c1-14(2)15(3,4)20-16(19-14)13-11(9-17)7-6-8-12(13)10-18-5/h6-8,18H,10H2,1-5H3. The van der Waals surface area contributed by atoms with Crippen LogP contribution in [0.15, 0.2) is 18.2 Å². The highest BCUT2D eigenvalue weighted by Gasteiger charge is 2.52. The summed E-state index contributed by atoms with van der Waals surface area (Å²) >= 11 is 0. The van der Waals surface area contributed by atoms with E-state index in [-0.39, 0.29) is 0 Å². The molecule has 1 saturated heterocycles. The van der Waals surface area contributed by atoms with Crippen molar-refractivity contribution in [3.8, 4) is 6.07 Å². The molecule has 20 heavy (non-hydrogen) atoms. The van der Waals surface area contributed by atoms with Crippen LogP contribution in [0.25, 0.3) is 0 Å². The van der Waals surface area contributed by atoms with Crippen LogP contribution in [0, 0.1) is 11.3 Å². The predicted octanol–water partition coefficient (Wildman–Crippen LogP) is 1.58. The van der Waals surface area contributed by atoms with E-state index in [0.717, 1.165) is 11.0 Å². The van der Waals surface area contributed by atoms with Gasteiger partial charge in [0.05, 0.1) is 22.8 Å². The molecule has 0 spiro atoms. The number of nitrogens with zero attached hydrogens (tertiary/aromatic N) is 1. The normalized spacial score (nSPS) is 19.9. The molecule has 0 bridgehead atoms. The molecule has 1 aromatic rings. The number of hydrogen-bond donors (Lipinski definition) is 1. The van der Waals surface area contributed by atoms with Crippen LogP contribution < -0.4 is 10.8 Å². The molecule has 0 aromatic heterocycles. The monoisotopic (exact) mass is 272 g/mol. The van der Waals surface area contributed by atoms with Crippen molar-refractivity contribution in [2.75, 3.05) is 7.05 Å². The molecular weight excluding hydrogens is 251 g/mol. The van der Waals surface area contributed by atoms with Crippen LogP contribution in [0.4, 0.5) is 0 Å². The van der Waals surface area contributed by atoms with Crippen molar-refractivity contribution in [3.05, 3.63) is 29.3 Å². The van der Waals surface area contributed by atoms with Gasteiger partial charge in [-0.2, -0.15) is 5.26 Å². The van der Waals surface area contributed by atoms with E-state index >= 15 is 0 Å². The van der Waals surface area contributed by atoms with Crippen molar-refractivity contribution in [2.24, 2.45) is 0 Å². The second-order valence-electron chi connectivity index (χ2n) is 6.11. The fraction of sp³-hybridized carbons (Fsp3) is 0.533. The highest BCUT2D eigenvalue weighted by Crippen LogP contribution is 2.36. The Hall–Kier alpha value is -1.35. The van der Waals surface area contributed by atoms with Gasteiger partial charge in [0.1, 0.15) is 0 Å². The quantitative estimate of drug-likeness (QED) is 0.849. The van der Waals surface area contributed by atoms with Gasteiger partial charge in [0.25, 0.3) is 0 Å². The third kappa shape index (κ3) is 2.47. The predicted molar refractivity (Wildman–Crippen MR) is 79.6 cm³/mol. The SMILES string of the molecule is CNCc1cccc(C#N)c1B1OC(C)(C)C(C)(C)O1. The van der Waals surface area contributed by atoms with E-state index in [1.165, 1.54) is 0 Å². The summed E-state index contributed by atoms with van der Waals surface area (Å²) in [6.07, 6.45) is 0. The van der Waals surface area contributed by atoms with Crippen LogP contribution >= 0.6 is 0 Å². The van der Waals surface area contributed by atoms with Gasteiger partial charge in [-0.3, -0.25) is 0 Å². The van der Waals surface area contributed by atoms with Gasteiger partial charge in [0.2, 0.25) is 0 Å². The van der Waals surface area contributed by atoms with Gasteiger partial charge < -0.3 is 14.6 Å². The lowest BCUT2D eigenvalue weighted by Gasteiger charge is -2.32. The first-order chi connectivity index (χ1) is 9.32. The topological polar surface area (TPSA) is 54.3 Å². The second kappa shape index (κ2) is 5.21. The summed E-state index contributed by atoms with van der Waals surface area (Å²) in [5.41, 5.74) is 1.66. The minimum atomic E-state index is -0.501. The van der Waals surface area contributed by atoms with Crippen molar-refractivity contribution < 1.29 is 9.31 Å². The Balaban J connectivity index is 2.46. The van der Waals surface area contributed by atoms with Crippen molar-refractivity contribution in [1.82, 2.24) is 5.32 Å². The van der Waals surface area contributed by atoms with E-state index in [2.05, 4.69) is 11.4 Å². The molecule has 4 nitrogen and oxygen atoms in total. The van der Waals surface area contributed by atoms with E-state index in [1.54, 1.807) is 6.07 Å². The first kappa shape index (κ1) is 15.1. The van der Waals surface area contributed by atoms with Gasteiger partial charge in [0.15, 0.2) is 0 Å². The third-order valence-electron chi connectivity index (χ3n) is 4.17.